The second-order valence-electron chi connectivity index (χ2n) is 8.58. The molecule has 0 fully saturated rings. The number of Topliss-reactive ketones (excluding diaryl/α,β-unsaturated/α-hetero) is 1. The van der Waals surface area contributed by atoms with Crippen LogP contribution in [-0.2, 0) is 12.8 Å². The van der Waals surface area contributed by atoms with E-state index in [2.05, 4.69) is 24.9 Å². The van der Waals surface area contributed by atoms with Gasteiger partial charge in [0.2, 0.25) is 0 Å². The molecule has 0 amide bonds. The monoisotopic (exact) mass is 370 g/mol. The summed E-state index contributed by atoms with van der Waals surface area (Å²) in [7, 11) is 0. The van der Waals surface area contributed by atoms with E-state index in [1.54, 1.807) is 12.1 Å². The number of para-hydroxylation sites is 1. The van der Waals surface area contributed by atoms with Gasteiger partial charge in [-0.15, -0.1) is 0 Å². The molecule has 140 valence electrons. The quantitative estimate of drug-likeness (QED) is 0.512. The molecule has 0 atom stereocenters. The van der Waals surface area contributed by atoms with E-state index in [0.29, 0.717) is 12.8 Å². The van der Waals surface area contributed by atoms with Crippen molar-refractivity contribution in [2.75, 3.05) is 0 Å². The van der Waals surface area contributed by atoms with Crippen molar-refractivity contribution in [3.05, 3.63) is 71.0 Å². The minimum atomic E-state index is -0.0767. The highest BCUT2D eigenvalue weighted by molar-refractivity contribution is 6.19. The van der Waals surface area contributed by atoms with Gasteiger partial charge in [-0.2, -0.15) is 0 Å². The lowest BCUT2D eigenvalue weighted by atomic mass is 9.74. The van der Waals surface area contributed by atoms with Crippen molar-refractivity contribution in [1.82, 2.24) is 9.97 Å². The van der Waals surface area contributed by atoms with Gasteiger partial charge in [-0.05, 0) is 35.6 Å². The SMILES string of the molecule is CC1(C)CC(=O)c2c(nc(Cc3ccc(O)cc3)c3[nH]c4ccccc4c23)C1. The average molecular weight is 370 g/mol. The van der Waals surface area contributed by atoms with Crippen molar-refractivity contribution in [2.24, 2.45) is 5.41 Å². The van der Waals surface area contributed by atoms with Crippen molar-refractivity contribution in [2.45, 2.75) is 33.1 Å². The van der Waals surface area contributed by atoms with Crippen molar-refractivity contribution in [1.29, 1.82) is 0 Å². The first-order valence-electron chi connectivity index (χ1n) is 9.64. The summed E-state index contributed by atoms with van der Waals surface area (Å²) >= 11 is 0. The molecule has 4 nitrogen and oxygen atoms in total. The van der Waals surface area contributed by atoms with Crippen molar-refractivity contribution < 1.29 is 9.90 Å². The molecule has 2 N–H and O–H groups in total. The number of aromatic amines is 1. The molecule has 4 heteroatoms. The first kappa shape index (κ1) is 17.0. The number of phenols is 1. The lowest BCUT2D eigenvalue weighted by Gasteiger charge is -2.30. The molecule has 0 radical (unpaired) electrons. The molecule has 0 saturated heterocycles. The number of benzene rings is 2. The van der Waals surface area contributed by atoms with E-state index in [-0.39, 0.29) is 16.9 Å². The molecule has 0 bridgehead atoms. The van der Waals surface area contributed by atoms with Gasteiger partial charge in [0.25, 0.3) is 0 Å². The highest BCUT2D eigenvalue weighted by atomic mass is 16.3. The van der Waals surface area contributed by atoms with Gasteiger partial charge >= 0.3 is 0 Å². The molecule has 1 aliphatic carbocycles. The molecule has 4 aromatic rings. The van der Waals surface area contributed by atoms with Crippen molar-refractivity contribution in [3.8, 4) is 5.75 Å². The number of hydrogen-bond donors (Lipinski definition) is 2. The van der Waals surface area contributed by atoms with Crippen molar-refractivity contribution in [3.63, 3.8) is 0 Å². The number of nitrogens with zero attached hydrogens (tertiary/aromatic N) is 1. The fraction of sp³-hybridized carbons (Fsp3) is 0.250. The Hall–Kier alpha value is -3.14. The zero-order chi connectivity index (χ0) is 19.5. The van der Waals surface area contributed by atoms with Crippen LogP contribution in [0.25, 0.3) is 21.8 Å². The number of aromatic hydroxyl groups is 1. The maximum Gasteiger partial charge on any atom is 0.165 e. The number of ketones is 1. The molecule has 1 aliphatic rings. The number of H-pyrrole nitrogens is 1. The van der Waals surface area contributed by atoms with E-state index >= 15 is 0 Å². The fourth-order valence-corrected chi connectivity index (χ4v) is 4.44. The van der Waals surface area contributed by atoms with Crippen molar-refractivity contribution >= 4 is 27.6 Å². The molecule has 2 aromatic carbocycles. The number of hydrogen-bond acceptors (Lipinski definition) is 3. The summed E-state index contributed by atoms with van der Waals surface area (Å²) in [5, 5.41) is 11.7. The predicted octanol–water partition coefficient (Wildman–Crippen LogP) is 5.17. The standard InChI is InChI=1S/C24H22N2O2/c1-24(2)12-19-22(20(28)13-24)21-16-5-3-4-6-17(16)26-23(21)18(25-19)11-14-7-9-15(27)10-8-14/h3-10,26-27H,11-13H2,1-2H3. The summed E-state index contributed by atoms with van der Waals surface area (Å²) < 4.78 is 0. The Bertz CT molecular complexity index is 1230. The van der Waals surface area contributed by atoms with Crippen LogP contribution in [0.5, 0.6) is 5.75 Å². The zero-order valence-corrected chi connectivity index (χ0v) is 16.0. The minimum absolute atomic E-state index is 0.0767. The first-order valence-corrected chi connectivity index (χ1v) is 9.64. The van der Waals surface area contributed by atoms with Gasteiger partial charge in [-0.25, -0.2) is 0 Å². The lowest BCUT2D eigenvalue weighted by Crippen LogP contribution is -2.28. The van der Waals surface area contributed by atoms with Crippen LogP contribution in [0, 0.1) is 5.41 Å². The number of rotatable bonds is 2. The van der Waals surface area contributed by atoms with Gasteiger partial charge < -0.3 is 10.1 Å². The number of nitrogens with one attached hydrogen (secondary N) is 1. The molecule has 0 saturated carbocycles. The van der Waals surface area contributed by atoms with Crippen LogP contribution in [0.1, 0.15) is 47.6 Å². The summed E-state index contributed by atoms with van der Waals surface area (Å²) in [6.45, 7) is 4.27. The summed E-state index contributed by atoms with van der Waals surface area (Å²) in [6, 6.07) is 15.4. The average Bonchev–Trinajstić information content (AvgIpc) is 3.02. The molecule has 2 heterocycles. The molecular formula is C24H22N2O2. The van der Waals surface area contributed by atoms with Gasteiger partial charge in [0.15, 0.2) is 5.78 Å². The summed E-state index contributed by atoms with van der Waals surface area (Å²) in [5.74, 6) is 0.440. The van der Waals surface area contributed by atoms with Gasteiger partial charge in [0.05, 0.1) is 16.9 Å². The van der Waals surface area contributed by atoms with E-state index in [4.69, 9.17) is 4.98 Å². The molecular weight excluding hydrogens is 348 g/mol. The van der Waals surface area contributed by atoms with Crippen LogP contribution in [0.3, 0.4) is 0 Å². The Labute approximate surface area is 163 Å². The fourth-order valence-electron chi connectivity index (χ4n) is 4.44. The zero-order valence-electron chi connectivity index (χ0n) is 16.0. The number of carbonyl (C=O) groups excluding carboxylic acids is 1. The topological polar surface area (TPSA) is 66.0 Å². The molecule has 5 rings (SSSR count). The van der Waals surface area contributed by atoms with Crippen LogP contribution < -0.4 is 0 Å². The second-order valence-corrected chi connectivity index (χ2v) is 8.58. The van der Waals surface area contributed by atoms with Gasteiger partial charge in [-0.3, -0.25) is 9.78 Å². The Balaban J connectivity index is 1.80. The molecule has 2 aromatic heterocycles. The Morgan fingerprint density at radius 2 is 1.82 bits per heavy atom. The number of fused-ring (bicyclic) bond motifs is 5. The van der Waals surface area contributed by atoms with Gasteiger partial charge in [-0.1, -0.05) is 44.2 Å². The predicted molar refractivity (Wildman–Crippen MR) is 111 cm³/mol. The second kappa shape index (κ2) is 5.93. The molecule has 28 heavy (non-hydrogen) atoms. The Morgan fingerprint density at radius 1 is 1.07 bits per heavy atom. The largest absolute Gasteiger partial charge is 0.508 e. The van der Waals surface area contributed by atoms with Crippen LogP contribution in [0.15, 0.2) is 48.5 Å². The number of carbonyl (C=O) groups is 1. The lowest BCUT2D eigenvalue weighted by molar-refractivity contribution is 0.0912. The smallest absolute Gasteiger partial charge is 0.165 e. The highest BCUT2D eigenvalue weighted by Gasteiger charge is 2.34. The third-order valence-corrected chi connectivity index (χ3v) is 5.68. The Kier molecular flexibility index (Phi) is 3.60. The molecule has 0 aliphatic heterocycles. The van der Waals surface area contributed by atoms with E-state index in [1.807, 2.05) is 30.3 Å². The minimum Gasteiger partial charge on any atom is -0.508 e. The third kappa shape index (κ3) is 2.68. The van der Waals surface area contributed by atoms with Crippen LogP contribution in [-0.4, -0.2) is 20.9 Å². The van der Waals surface area contributed by atoms with E-state index in [1.165, 1.54) is 0 Å². The highest BCUT2D eigenvalue weighted by Crippen LogP contribution is 2.40. The van der Waals surface area contributed by atoms with Crippen LogP contribution in [0.4, 0.5) is 0 Å². The number of aromatic nitrogens is 2. The summed E-state index contributed by atoms with van der Waals surface area (Å²) in [5.41, 5.74) is 5.62. The summed E-state index contributed by atoms with van der Waals surface area (Å²) in [4.78, 5) is 21.6. The number of pyridine rings is 1. The maximum atomic E-state index is 13.1. The van der Waals surface area contributed by atoms with Crippen LogP contribution in [0.2, 0.25) is 0 Å². The third-order valence-electron chi connectivity index (χ3n) is 5.68. The van der Waals surface area contributed by atoms with Gasteiger partial charge in [0, 0.05) is 34.7 Å². The maximum absolute atomic E-state index is 13.1. The van der Waals surface area contributed by atoms with Gasteiger partial charge in [0.1, 0.15) is 5.75 Å². The van der Waals surface area contributed by atoms with E-state index in [9.17, 15) is 9.90 Å². The molecule has 0 spiro atoms. The first-order chi connectivity index (χ1) is 13.4. The van der Waals surface area contributed by atoms with Crippen LogP contribution >= 0.6 is 0 Å². The normalized spacial score (nSPS) is 15.9. The van der Waals surface area contributed by atoms with E-state index in [0.717, 1.165) is 50.7 Å². The number of phenolic OH excluding ortho intramolecular Hbond substituents is 1. The Morgan fingerprint density at radius 3 is 2.61 bits per heavy atom. The summed E-state index contributed by atoms with van der Waals surface area (Å²) in [6.07, 6.45) is 1.99. The van der Waals surface area contributed by atoms with E-state index < -0.39 is 0 Å². The molecule has 0 unspecified atom stereocenters.